The summed E-state index contributed by atoms with van der Waals surface area (Å²) in [6, 6.07) is 8.83. The van der Waals surface area contributed by atoms with Crippen LogP contribution in [0.15, 0.2) is 47.4 Å². The summed E-state index contributed by atoms with van der Waals surface area (Å²) in [6.45, 7) is 1.79. The Bertz CT molecular complexity index is 875. The first kappa shape index (κ1) is 16.4. The molecule has 0 unspecified atom stereocenters. The number of anilines is 1. The smallest absolute Gasteiger partial charge is 0.338 e. The Morgan fingerprint density at radius 2 is 1.78 bits per heavy atom. The molecule has 23 heavy (non-hydrogen) atoms. The van der Waals surface area contributed by atoms with E-state index in [4.69, 9.17) is 5.11 Å². The highest BCUT2D eigenvalue weighted by Crippen LogP contribution is 2.25. The topological polar surface area (TPSA) is 127 Å². The molecule has 0 aromatic heterocycles. The van der Waals surface area contributed by atoms with Crippen molar-refractivity contribution in [2.45, 2.75) is 11.8 Å². The molecule has 120 valence electrons. The van der Waals surface area contributed by atoms with Crippen molar-refractivity contribution in [3.05, 3.63) is 63.7 Å². The number of carboxylic acids is 1. The first-order valence-corrected chi connectivity index (χ1v) is 7.80. The Hall–Kier alpha value is -2.94. The van der Waals surface area contributed by atoms with E-state index in [1.165, 1.54) is 12.1 Å². The average Bonchev–Trinajstić information content (AvgIpc) is 2.47. The van der Waals surface area contributed by atoms with Gasteiger partial charge in [0, 0.05) is 12.1 Å². The van der Waals surface area contributed by atoms with Crippen LogP contribution in [0.4, 0.5) is 11.4 Å². The number of hydrogen-bond acceptors (Lipinski definition) is 5. The number of nitrogens with zero attached hydrogens (tertiary/aromatic N) is 1. The minimum atomic E-state index is -4.00. The van der Waals surface area contributed by atoms with Crippen LogP contribution in [0.5, 0.6) is 0 Å². The summed E-state index contributed by atoms with van der Waals surface area (Å²) in [7, 11) is -4.00. The molecule has 0 atom stereocenters. The highest BCUT2D eigenvalue weighted by molar-refractivity contribution is 7.92. The van der Waals surface area contributed by atoms with E-state index in [1.54, 1.807) is 19.1 Å². The van der Waals surface area contributed by atoms with Crippen molar-refractivity contribution < 1.29 is 23.2 Å². The number of carboxylic acid groups (broad SMARTS) is 1. The van der Waals surface area contributed by atoms with Crippen LogP contribution in [-0.4, -0.2) is 24.4 Å². The standard InChI is InChI=1S/C14H12N2O6S/c1-9-2-5-11(6-3-9)23(21,22)15-13-7-4-10(16(19)20)8-12(13)14(17)18/h2-8,15H,1H3,(H,17,18). The van der Waals surface area contributed by atoms with Gasteiger partial charge in [0.15, 0.2) is 0 Å². The number of aryl methyl sites for hydroxylation is 1. The van der Waals surface area contributed by atoms with Gasteiger partial charge >= 0.3 is 5.97 Å². The van der Waals surface area contributed by atoms with Gasteiger partial charge in [-0.05, 0) is 25.1 Å². The highest BCUT2D eigenvalue weighted by Gasteiger charge is 2.21. The number of aromatic carboxylic acids is 1. The molecule has 8 nitrogen and oxygen atoms in total. The van der Waals surface area contributed by atoms with Crippen LogP contribution >= 0.6 is 0 Å². The summed E-state index contributed by atoms with van der Waals surface area (Å²) < 4.78 is 26.7. The van der Waals surface area contributed by atoms with Crippen molar-refractivity contribution in [2.75, 3.05) is 4.72 Å². The summed E-state index contributed by atoms with van der Waals surface area (Å²) in [5.74, 6) is -1.48. The average molecular weight is 336 g/mol. The van der Waals surface area contributed by atoms with E-state index in [-0.39, 0.29) is 10.6 Å². The van der Waals surface area contributed by atoms with E-state index >= 15 is 0 Å². The van der Waals surface area contributed by atoms with Gasteiger partial charge in [-0.2, -0.15) is 0 Å². The largest absolute Gasteiger partial charge is 0.478 e. The van der Waals surface area contributed by atoms with E-state index in [0.29, 0.717) is 0 Å². The SMILES string of the molecule is Cc1ccc(S(=O)(=O)Nc2ccc([N+](=O)[O-])cc2C(=O)O)cc1. The molecule has 9 heteroatoms. The summed E-state index contributed by atoms with van der Waals surface area (Å²) in [5.41, 5.74) is -0.329. The number of benzene rings is 2. The Labute approximate surface area is 131 Å². The quantitative estimate of drug-likeness (QED) is 0.637. The molecule has 0 aliphatic heterocycles. The first-order valence-electron chi connectivity index (χ1n) is 6.32. The molecule has 0 aliphatic rings. The van der Waals surface area contributed by atoms with Crippen molar-refractivity contribution in [3.8, 4) is 0 Å². The molecule has 0 saturated heterocycles. The van der Waals surface area contributed by atoms with E-state index in [9.17, 15) is 23.3 Å². The third-order valence-electron chi connectivity index (χ3n) is 3.02. The highest BCUT2D eigenvalue weighted by atomic mass is 32.2. The Kier molecular flexibility index (Phi) is 4.32. The number of sulfonamides is 1. The maximum absolute atomic E-state index is 12.3. The van der Waals surface area contributed by atoms with E-state index in [1.807, 2.05) is 0 Å². The lowest BCUT2D eigenvalue weighted by atomic mass is 10.1. The molecule has 0 radical (unpaired) electrons. The van der Waals surface area contributed by atoms with E-state index < -0.39 is 32.2 Å². The maximum Gasteiger partial charge on any atom is 0.338 e. The summed E-state index contributed by atoms with van der Waals surface area (Å²) in [5, 5.41) is 19.8. The van der Waals surface area contributed by atoms with Crippen LogP contribution in [0.2, 0.25) is 0 Å². The predicted octanol–water partition coefficient (Wildman–Crippen LogP) is 2.40. The van der Waals surface area contributed by atoms with Gasteiger partial charge in [-0.1, -0.05) is 17.7 Å². The molecule has 0 heterocycles. The minimum Gasteiger partial charge on any atom is -0.478 e. The first-order chi connectivity index (χ1) is 10.7. The van der Waals surface area contributed by atoms with Crippen LogP contribution in [0.3, 0.4) is 0 Å². The lowest BCUT2D eigenvalue weighted by molar-refractivity contribution is -0.384. The van der Waals surface area contributed by atoms with Crippen LogP contribution in [0.1, 0.15) is 15.9 Å². The zero-order chi connectivity index (χ0) is 17.2. The number of carbonyl (C=O) groups is 1. The van der Waals surface area contributed by atoms with Crippen LogP contribution in [0.25, 0.3) is 0 Å². The molecule has 2 rings (SSSR count). The summed E-state index contributed by atoms with van der Waals surface area (Å²) in [6.07, 6.45) is 0. The minimum absolute atomic E-state index is 0.0437. The zero-order valence-electron chi connectivity index (χ0n) is 11.9. The second-order valence-corrected chi connectivity index (χ2v) is 6.39. The van der Waals surface area contributed by atoms with Gasteiger partial charge in [-0.3, -0.25) is 14.8 Å². The number of nitro benzene ring substituents is 1. The van der Waals surface area contributed by atoms with Gasteiger partial charge in [0.2, 0.25) is 0 Å². The summed E-state index contributed by atoms with van der Waals surface area (Å²) >= 11 is 0. The van der Waals surface area contributed by atoms with Gasteiger partial charge in [0.05, 0.1) is 21.1 Å². The Balaban J connectivity index is 2.44. The summed E-state index contributed by atoms with van der Waals surface area (Å²) in [4.78, 5) is 21.1. The molecule has 0 fully saturated rings. The zero-order valence-corrected chi connectivity index (χ0v) is 12.7. The fourth-order valence-corrected chi connectivity index (χ4v) is 2.91. The van der Waals surface area contributed by atoms with E-state index in [0.717, 1.165) is 23.8 Å². The molecule has 0 spiro atoms. The monoisotopic (exact) mass is 336 g/mol. The van der Waals surface area contributed by atoms with Gasteiger partial charge in [-0.15, -0.1) is 0 Å². The predicted molar refractivity (Wildman–Crippen MR) is 82.0 cm³/mol. The second-order valence-electron chi connectivity index (χ2n) is 4.71. The fraction of sp³-hybridized carbons (Fsp3) is 0.0714. The van der Waals surface area contributed by atoms with Crippen LogP contribution in [0, 0.1) is 17.0 Å². The molecule has 0 saturated carbocycles. The van der Waals surface area contributed by atoms with Gasteiger partial charge in [-0.25, -0.2) is 13.2 Å². The lowest BCUT2D eigenvalue weighted by Crippen LogP contribution is -2.15. The van der Waals surface area contributed by atoms with Crippen molar-refractivity contribution in [2.24, 2.45) is 0 Å². The molecule has 0 aliphatic carbocycles. The number of nitro groups is 1. The van der Waals surface area contributed by atoms with E-state index in [2.05, 4.69) is 4.72 Å². The van der Waals surface area contributed by atoms with Gasteiger partial charge in [0.25, 0.3) is 15.7 Å². The second kappa shape index (κ2) is 6.05. The van der Waals surface area contributed by atoms with Gasteiger partial charge < -0.3 is 5.11 Å². The maximum atomic E-state index is 12.3. The molecular weight excluding hydrogens is 324 g/mol. The van der Waals surface area contributed by atoms with Crippen molar-refractivity contribution in [3.63, 3.8) is 0 Å². The normalized spacial score (nSPS) is 11.0. The van der Waals surface area contributed by atoms with Crippen molar-refractivity contribution >= 4 is 27.4 Å². The molecule has 2 aromatic carbocycles. The number of rotatable bonds is 5. The molecule has 2 aromatic rings. The number of nitrogens with one attached hydrogen (secondary N) is 1. The lowest BCUT2D eigenvalue weighted by Gasteiger charge is -2.10. The Morgan fingerprint density at radius 3 is 2.30 bits per heavy atom. The fourth-order valence-electron chi connectivity index (χ4n) is 1.83. The van der Waals surface area contributed by atoms with Crippen LogP contribution < -0.4 is 4.72 Å². The number of non-ortho nitro benzene ring substituents is 1. The van der Waals surface area contributed by atoms with Crippen molar-refractivity contribution in [1.82, 2.24) is 0 Å². The molecule has 0 amide bonds. The van der Waals surface area contributed by atoms with Crippen LogP contribution in [-0.2, 0) is 10.0 Å². The molecule has 0 bridgehead atoms. The van der Waals surface area contributed by atoms with Gasteiger partial charge in [0.1, 0.15) is 0 Å². The number of hydrogen-bond donors (Lipinski definition) is 2. The third kappa shape index (κ3) is 3.64. The Morgan fingerprint density at radius 1 is 1.17 bits per heavy atom. The molecule has 2 N–H and O–H groups in total. The molecular formula is C14H12N2O6S. The van der Waals surface area contributed by atoms with Crippen molar-refractivity contribution in [1.29, 1.82) is 0 Å². The third-order valence-corrected chi connectivity index (χ3v) is 4.40.